The molecule has 322 valence electrons. The minimum atomic E-state index is -0.647. The minimum absolute atomic E-state index is 0.00128. The van der Waals surface area contributed by atoms with Crippen LogP contribution >= 0.6 is 0 Å². The lowest BCUT2D eigenvalue weighted by Crippen LogP contribution is -2.58. The molecule has 2 amide bonds. The summed E-state index contributed by atoms with van der Waals surface area (Å²) in [6, 6.07) is -0.429. The van der Waals surface area contributed by atoms with Crippen molar-refractivity contribution < 1.29 is 9.59 Å². The van der Waals surface area contributed by atoms with Gasteiger partial charge in [-0.3, -0.25) is 24.6 Å². The molecule has 0 aromatic carbocycles. The number of rotatable bonds is 16. The van der Waals surface area contributed by atoms with Crippen molar-refractivity contribution in [1.82, 2.24) is 16.0 Å². The van der Waals surface area contributed by atoms with Gasteiger partial charge < -0.3 is 16.0 Å². The van der Waals surface area contributed by atoms with E-state index in [1.807, 2.05) is 0 Å². The quantitative estimate of drug-likeness (QED) is 0.136. The van der Waals surface area contributed by atoms with Crippen LogP contribution in [0.1, 0.15) is 195 Å². The number of hydrogen-bond donors (Lipinski definition) is 3. The van der Waals surface area contributed by atoms with Crippen molar-refractivity contribution in [2.75, 3.05) is 0 Å². The van der Waals surface area contributed by atoms with Gasteiger partial charge in [-0.15, -0.1) is 0 Å². The van der Waals surface area contributed by atoms with E-state index in [1.165, 1.54) is 17.1 Å². The molecule has 9 atom stereocenters. The van der Waals surface area contributed by atoms with Gasteiger partial charge in [0.15, 0.2) is 0 Å². The van der Waals surface area contributed by atoms with E-state index in [4.69, 9.17) is 15.0 Å². The molecule has 3 N–H and O–H groups in total. The second-order valence-electron chi connectivity index (χ2n) is 22.8. The number of aliphatic imine (C=N–C) groups is 3. The molecular weight excluding hydrogens is 693 g/mol. The smallest absolute Gasteiger partial charge is 0.237 e. The summed E-state index contributed by atoms with van der Waals surface area (Å²) >= 11 is 0. The summed E-state index contributed by atoms with van der Waals surface area (Å²) in [6.07, 6.45) is 10.5. The summed E-state index contributed by atoms with van der Waals surface area (Å²) in [5.74, 6) is 2.20. The lowest BCUT2D eigenvalue weighted by Gasteiger charge is -2.46. The molecule has 3 saturated carbocycles. The normalized spacial score (nSPS) is 33.5. The molecule has 8 nitrogen and oxygen atoms in total. The van der Waals surface area contributed by atoms with Gasteiger partial charge in [-0.05, 0) is 146 Å². The van der Waals surface area contributed by atoms with Crippen molar-refractivity contribution in [3.63, 3.8) is 0 Å². The van der Waals surface area contributed by atoms with Crippen LogP contribution in [0.3, 0.4) is 0 Å². The zero-order valence-electron chi connectivity index (χ0n) is 39.4. The summed E-state index contributed by atoms with van der Waals surface area (Å²) in [4.78, 5) is 44.7. The fraction of sp³-hybridized carbons (Fsp3) is 0.896. The van der Waals surface area contributed by atoms with Gasteiger partial charge in [0.05, 0.1) is 29.6 Å². The summed E-state index contributed by atoms with van der Waals surface area (Å²) < 4.78 is 0. The number of nitrogens with one attached hydrogen (secondary N) is 3. The first-order valence-corrected chi connectivity index (χ1v) is 22.7. The molecule has 0 aliphatic heterocycles. The predicted molar refractivity (Wildman–Crippen MR) is 240 cm³/mol. The fourth-order valence-electron chi connectivity index (χ4n) is 11.5. The minimum Gasteiger partial charge on any atom is -0.353 e. The van der Waals surface area contributed by atoms with E-state index >= 15 is 0 Å². The highest BCUT2D eigenvalue weighted by atomic mass is 16.2. The largest absolute Gasteiger partial charge is 0.353 e. The highest BCUT2D eigenvalue weighted by Gasteiger charge is 2.44. The van der Waals surface area contributed by atoms with E-state index in [0.717, 1.165) is 70.6 Å². The Morgan fingerprint density at radius 2 is 1.16 bits per heavy atom. The van der Waals surface area contributed by atoms with Gasteiger partial charge in [0.1, 0.15) is 0 Å². The van der Waals surface area contributed by atoms with Gasteiger partial charge in [-0.1, -0.05) is 83.1 Å². The van der Waals surface area contributed by atoms with E-state index in [1.54, 1.807) is 0 Å². The van der Waals surface area contributed by atoms with Crippen LogP contribution < -0.4 is 16.0 Å². The second kappa shape index (κ2) is 19.8. The zero-order chi connectivity index (χ0) is 42.4. The molecule has 3 aliphatic carbocycles. The first-order chi connectivity index (χ1) is 25.7. The molecule has 0 saturated heterocycles. The number of hydrogen-bond acceptors (Lipinski definition) is 6. The molecule has 0 aromatic rings. The van der Waals surface area contributed by atoms with Gasteiger partial charge in [0.25, 0.3) is 0 Å². The maximum absolute atomic E-state index is 14.6. The van der Waals surface area contributed by atoms with Crippen LogP contribution in [0.4, 0.5) is 0 Å². The molecule has 0 aromatic heterocycles. The molecule has 3 fully saturated rings. The Morgan fingerprint density at radius 3 is 1.73 bits per heavy atom. The number of carbonyl (C=O) groups excluding carboxylic acids is 2. The zero-order valence-corrected chi connectivity index (χ0v) is 39.4. The van der Waals surface area contributed by atoms with Gasteiger partial charge >= 0.3 is 0 Å². The molecular formula is C48H88N6O2. The first kappa shape index (κ1) is 48.3. The maximum atomic E-state index is 14.6. The lowest BCUT2D eigenvalue weighted by atomic mass is 9.67. The van der Waals surface area contributed by atoms with E-state index < -0.39 is 6.04 Å². The molecule has 56 heavy (non-hydrogen) atoms. The summed E-state index contributed by atoms with van der Waals surface area (Å²) in [6.45, 7) is 38.2. The molecule has 0 heterocycles. The average Bonchev–Trinajstić information content (AvgIpc) is 2.95. The van der Waals surface area contributed by atoms with Gasteiger partial charge in [0.2, 0.25) is 11.8 Å². The Bertz CT molecular complexity index is 1410. The summed E-state index contributed by atoms with van der Waals surface area (Å²) in [5, 5.41) is 10.8. The molecule has 0 spiro atoms. The molecule has 3 rings (SSSR count). The highest BCUT2D eigenvalue weighted by Crippen LogP contribution is 2.44. The first-order valence-electron chi connectivity index (χ1n) is 22.7. The third-order valence-electron chi connectivity index (χ3n) is 12.5. The Kier molecular flexibility index (Phi) is 17.0. The van der Waals surface area contributed by atoms with Crippen LogP contribution in [0.2, 0.25) is 0 Å². The topological polar surface area (TPSA) is 107 Å². The van der Waals surface area contributed by atoms with Gasteiger partial charge in [-0.25, -0.2) is 0 Å². The standard InChI is InChI=1S/C48H88N6O2/c1-30(2)18-34(8)49-41-27-45(12,13)28-42(37(41)11)52-43(55)22-40(50-38-21-33(7)23-47(16,25-38)53-35(9)19-31(3)4)44(56)51-39-24-46(14,15)29-48(17,26-39)54-36(10)20-32(5)6/h30-33,37-42,50H,18-29H2,1-17H3,(H,51,56)(H,52,55). The van der Waals surface area contributed by atoms with E-state index in [-0.39, 0.29) is 70.2 Å². The van der Waals surface area contributed by atoms with E-state index in [2.05, 4.69) is 134 Å². The van der Waals surface area contributed by atoms with Crippen molar-refractivity contribution >= 4 is 28.9 Å². The van der Waals surface area contributed by atoms with Crippen LogP contribution in [0.25, 0.3) is 0 Å². The lowest BCUT2D eigenvalue weighted by molar-refractivity contribution is -0.130. The third-order valence-corrected chi connectivity index (χ3v) is 12.5. The Hall–Kier alpha value is -2.09. The molecule has 9 unspecified atom stereocenters. The predicted octanol–water partition coefficient (Wildman–Crippen LogP) is 10.6. The SMILES string of the molecule is CC(CC(C)C)=NC1CC(C)(C)CC(NC(=O)CC(NC2CC(C)CC(C)(N=C(C)CC(C)C)C2)C(=O)NC2CC(C)(C)CC(C)(N=C(C)CC(C)C)C2)C1C. The maximum Gasteiger partial charge on any atom is 0.237 e. The summed E-state index contributed by atoms with van der Waals surface area (Å²) in [7, 11) is 0. The molecule has 0 bridgehead atoms. The highest BCUT2D eigenvalue weighted by molar-refractivity contribution is 5.89. The van der Waals surface area contributed by atoms with Crippen LogP contribution in [0.15, 0.2) is 15.0 Å². The van der Waals surface area contributed by atoms with E-state index in [0.29, 0.717) is 23.7 Å². The Labute approximate surface area is 345 Å². The average molecular weight is 781 g/mol. The van der Waals surface area contributed by atoms with Crippen LogP contribution in [0.5, 0.6) is 0 Å². The fourth-order valence-corrected chi connectivity index (χ4v) is 11.5. The van der Waals surface area contributed by atoms with E-state index in [9.17, 15) is 9.59 Å². The number of amides is 2. The van der Waals surface area contributed by atoms with Crippen molar-refractivity contribution in [1.29, 1.82) is 0 Å². The Morgan fingerprint density at radius 1 is 0.625 bits per heavy atom. The Balaban J connectivity index is 1.89. The van der Waals surface area contributed by atoms with Gasteiger partial charge in [-0.2, -0.15) is 0 Å². The van der Waals surface area contributed by atoms with Crippen LogP contribution in [-0.2, 0) is 9.59 Å². The van der Waals surface area contributed by atoms with Crippen molar-refractivity contribution in [3.8, 4) is 0 Å². The monoisotopic (exact) mass is 781 g/mol. The number of nitrogens with zero attached hydrogens (tertiary/aromatic N) is 3. The molecule has 0 radical (unpaired) electrons. The van der Waals surface area contributed by atoms with Crippen LogP contribution in [0, 0.1) is 40.4 Å². The third kappa shape index (κ3) is 15.9. The number of carbonyl (C=O) groups is 2. The molecule has 8 heteroatoms. The van der Waals surface area contributed by atoms with Gasteiger partial charge in [0, 0.05) is 35.3 Å². The summed E-state index contributed by atoms with van der Waals surface area (Å²) in [5.41, 5.74) is 3.21. The van der Waals surface area contributed by atoms with Crippen LogP contribution in [-0.4, -0.2) is 70.2 Å². The van der Waals surface area contributed by atoms with Crippen molar-refractivity contribution in [2.45, 2.75) is 236 Å². The molecule has 3 aliphatic rings. The van der Waals surface area contributed by atoms with Crippen molar-refractivity contribution in [3.05, 3.63) is 0 Å². The van der Waals surface area contributed by atoms with Crippen molar-refractivity contribution in [2.24, 2.45) is 55.4 Å². The second-order valence-corrected chi connectivity index (χ2v) is 22.8.